The monoisotopic (exact) mass is 236 g/mol. The van der Waals surface area contributed by atoms with Gasteiger partial charge >= 0.3 is 0 Å². The average molecular weight is 236 g/mol. The summed E-state index contributed by atoms with van der Waals surface area (Å²) in [4.78, 5) is 2.74. The van der Waals surface area contributed by atoms with Gasteiger partial charge in [0.2, 0.25) is 0 Å². The zero-order valence-electron chi connectivity index (χ0n) is 11.5. The van der Waals surface area contributed by atoms with Crippen LogP contribution in [0.15, 0.2) is 0 Å². The molecule has 0 aromatic carbocycles. The number of likely N-dealkylation sites (tertiary alicyclic amines) is 1. The predicted molar refractivity (Wildman–Crippen MR) is 72.2 cm³/mol. The molecule has 0 radical (unpaired) electrons. The minimum Gasteiger partial charge on any atom is -0.312 e. The second kappa shape index (κ2) is 4.55. The zero-order chi connectivity index (χ0) is 11.9. The van der Waals surface area contributed by atoms with Gasteiger partial charge in [0.25, 0.3) is 0 Å². The van der Waals surface area contributed by atoms with Crippen molar-refractivity contribution in [3.8, 4) is 0 Å². The molecule has 2 nitrogen and oxygen atoms in total. The Morgan fingerprint density at radius 3 is 2.59 bits per heavy atom. The maximum absolute atomic E-state index is 3.87. The molecule has 3 aliphatic rings. The third kappa shape index (κ3) is 2.68. The van der Waals surface area contributed by atoms with Crippen LogP contribution in [0.2, 0.25) is 0 Å². The van der Waals surface area contributed by atoms with Crippen LogP contribution in [0.5, 0.6) is 0 Å². The molecule has 0 amide bonds. The highest BCUT2D eigenvalue weighted by Crippen LogP contribution is 2.37. The normalized spacial score (nSPS) is 37.8. The third-order valence-corrected chi connectivity index (χ3v) is 5.27. The van der Waals surface area contributed by atoms with Crippen molar-refractivity contribution in [2.45, 2.75) is 76.9 Å². The van der Waals surface area contributed by atoms with Gasteiger partial charge in [-0.3, -0.25) is 4.90 Å². The molecule has 1 saturated heterocycles. The molecule has 3 fully saturated rings. The van der Waals surface area contributed by atoms with E-state index in [1.165, 1.54) is 58.0 Å². The largest absolute Gasteiger partial charge is 0.312 e. The number of nitrogens with one attached hydrogen (secondary N) is 1. The van der Waals surface area contributed by atoms with Gasteiger partial charge in [-0.1, -0.05) is 19.8 Å². The van der Waals surface area contributed by atoms with Gasteiger partial charge in [-0.05, 0) is 44.4 Å². The molecule has 1 heterocycles. The van der Waals surface area contributed by atoms with E-state index in [0.717, 1.165) is 18.1 Å². The second-order valence-corrected chi connectivity index (χ2v) is 7.11. The summed E-state index contributed by atoms with van der Waals surface area (Å²) in [5.41, 5.74) is 0.607. The van der Waals surface area contributed by atoms with Crippen molar-refractivity contribution in [1.29, 1.82) is 0 Å². The molecule has 2 saturated carbocycles. The van der Waals surface area contributed by atoms with Crippen LogP contribution < -0.4 is 5.32 Å². The van der Waals surface area contributed by atoms with Crippen molar-refractivity contribution in [2.24, 2.45) is 5.41 Å². The summed E-state index contributed by atoms with van der Waals surface area (Å²) in [5, 5.41) is 3.87. The van der Waals surface area contributed by atoms with Crippen LogP contribution in [0.1, 0.15) is 58.8 Å². The van der Waals surface area contributed by atoms with Crippen LogP contribution in [-0.2, 0) is 0 Å². The Hall–Kier alpha value is -0.0800. The van der Waals surface area contributed by atoms with E-state index in [9.17, 15) is 0 Å². The molecule has 1 N–H and O–H groups in total. The van der Waals surface area contributed by atoms with Crippen LogP contribution in [0.25, 0.3) is 0 Å². The van der Waals surface area contributed by atoms with Gasteiger partial charge < -0.3 is 5.32 Å². The lowest BCUT2D eigenvalue weighted by Gasteiger charge is -2.26. The van der Waals surface area contributed by atoms with E-state index in [0.29, 0.717) is 5.41 Å². The molecule has 2 atom stereocenters. The number of nitrogens with zero attached hydrogens (tertiary/aromatic N) is 1. The summed E-state index contributed by atoms with van der Waals surface area (Å²) in [6.45, 7) is 7.45. The average Bonchev–Trinajstić information content (AvgIpc) is 2.95. The lowest BCUT2D eigenvalue weighted by Crippen LogP contribution is -2.39. The fourth-order valence-corrected chi connectivity index (χ4v) is 3.92. The van der Waals surface area contributed by atoms with Crippen molar-refractivity contribution in [1.82, 2.24) is 10.2 Å². The summed E-state index contributed by atoms with van der Waals surface area (Å²) < 4.78 is 0. The summed E-state index contributed by atoms with van der Waals surface area (Å²) in [6, 6.07) is 2.53. The van der Waals surface area contributed by atoms with Gasteiger partial charge in [-0.15, -0.1) is 0 Å². The molecular weight excluding hydrogens is 208 g/mol. The third-order valence-electron chi connectivity index (χ3n) is 5.27. The Morgan fingerprint density at radius 2 is 1.94 bits per heavy atom. The van der Waals surface area contributed by atoms with Crippen molar-refractivity contribution in [3.05, 3.63) is 0 Å². The topological polar surface area (TPSA) is 15.3 Å². The summed E-state index contributed by atoms with van der Waals surface area (Å²) in [5.74, 6) is 0. The van der Waals surface area contributed by atoms with E-state index >= 15 is 0 Å². The summed E-state index contributed by atoms with van der Waals surface area (Å²) in [6.07, 6.45) is 10.1. The van der Waals surface area contributed by atoms with Crippen molar-refractivity contribution >= 4 is 0 Å². The van der Waals surface area contributed by atoms with Gasteiger partial charge in [-0.25, -0.2) is 0 Å². The van der Waals surface area contributed by atoms with Gasteiger partial charge in [0, 0.05) is 31.2 Å². The lowest BCUT2D eigenvalue weighted by molar-refractivity contribution is 0.250. The Balaban J connectivity index is 1.46. The fourth-order valence-electron chi connectivity index (χ4n) is 3.92. The lowest BCUT2D eigenvalue weighted by atomic mass is 9.88. The van der Waals surface area contributed by atoms with E-state index in [4.69, 9.17) is 0 Å². The highest BCUT2D eigenvalue weighted by atomic mass is 15.3. The summed E-state index contributed by atoms with van der Waals surface area (Å²) in [7, 11) is 0. The van der Waals surface area contributed by atoms with Crippen LogP contribution in [-0.4, -0.2) is 36.1 Å². The van der Waals surface area contributed by atoms with Crippen LogP contribution in [0, 0.1) is 5.41 Å². The molecule has 0 spiro atoms. The Kier molecular flexibility index (Phi) is 3.20. The minimum atomic E-state index is 0.607. The SMILES string of the molecule is CC1CC(NCC2(C)CCCC2)CN1C1CC1. The Labute approximate surface area is 106 Å². The smallest absolute Gasteiger partial charge is 0.0210 e. The molecule has 2 heteroatoms. The van der Waals surface area contributed by atoms with E-state index in [1.807, 2.05) is 0 Å². The van der Waals surface area contributed by atoms with E-state index < -0.39 is 0 Å². The highest BCUT2D eigenvalue weighted by molar-refractivity contribution is 4.96. The molecule has 17 heavy (non-hydrogen) atoms. The molecule has 2 unspecified atom stereocenters. The zero-order valence-corrected chi connectivity index (χ0v) is 11.5. The number of hydrogen-bond donors (Lipinski definition) is 1. The first-order valence-electron chi connectivity index (χ1n) is 7.65. The minimum absolute atomic E-state index is 0.607. The van der Waals surface area contributed by atoms with Crippen molar-refractivity contribution in [2.75, 3.05) is 13.1 Å². The first-order valence-corrected chi connectivity index (χ1v) is 7.65. The van der Waals surface area contributed by atoms with E-state index in [-0.39, 0.29) is 0 Å². The van der Waals surface area contributed by atoms with Crippen LogP contribution in [0.3, 0.4) is 0 Å². The van der Waals surface area contributed by atoms with Crippen molar-refractivity contribution < 1.29 is 0 Å². The Bertz CT molecular complexity index is 266. The van der Waals surface area contributed by atoms with Crippen LogP contribution >= 0.6 is 0 Å². The molecule has 2 aliphatic carbocycles. The standard InChI is InChI=1S/C15H28N2/c1-12-9-13(10-17(12)14-5-6-14)16-11-15(2)7-3-4-8-15/h12-14,16H,3-11H2,1-2H3. The highest BCUT2D eigenvalue weighted by Gasteiger charge is 2.39. The van der Waals surface area contributed by atoms with Gasteiger partial charge in [0.1, 0.15) is 0 Å². The van der Waals surface area contributed by atoms with E-state index in [1.54, 1.807) is 0 Å². The molecule has 3 rings (SSSR count). The molecule has 0 aromatic heterocycles. The predicted octanol–water partition coefficient (Wildman–Crippen LogP) is 2.78. The van der Waals surface area contributed by atoms with Crippen molar-refractivity contribution in [3.63, 3.8) is 0 Å². The van der Waals surface area contributed by atoms with E-state index in [2.05, 4.69) is 24.1 Å². The maximum Gasteiger partial charge on any atom is 0.0210 e. The molecular formula is C15H28N2. The molecule has 98 valence electrons. The van der Waals surface area contributed by atoms with Crippen LogP contribution in [0.4, 0.5) is 0 Å². The van der Waals surface area contributed by atoms with Gasteiger partial charge in [0.15, 0.2) is 0 Å². The Morgan fingerprint density at radius 1 is 1.24 bits per heavy atom. The molecule has 0 aromatic rings. The number of hydrogen-bond acceptors (Lipinski definition) is 2. The maximum atomic E-state index is 3.87. The van der Waals surface area contributed by atoms with Gasteiger partial charge in [-0.2, -0.15) is 0 Å². The first-order chi connectivity index (χ1) is 8.16. The second-order valence-electron chi connectivity index (χ2n) is 7.11. The first kappa shape index (κ1) is 12.0. The molecule has 0 bridgehead atoms. The molecule has 1 aliphatic heterocycles. The fraction of sp³-hybridized carbons (Fsp3) is 1.00. The quantitative estimate of drug-likeness (QED) is 0.807. The number of rotatable bonds is 4. The van der Waals surface area contributed by atoms with Gasteiger partial charge in [0.05, 0.1) is 0 Å². The summed E-state index contributed by atoms with van der Waals surface area (Å²) >= 11 is 0.